The molecule has 3 amide bonds. The Morgan fingerprint density at radius 1 is 1.00 bits per heavy atom. The number of hydrogen-bond donors (Lipinski definition) is 1. The fourth-order valence-electron chi connectivity index (χ4n) is 4.48. The van der Waals surface area contributed by atoms with Gasteiger partial charge in [0.05, 0.1) is 4.90 Å². The van der Waals surface area contributed by atoms with Crippen LogP contribution in [0.3, 0.4) is 0 Å². The van der Waals surface area contributed by atoms with Crippen molar-refractivity contribution in [1.82, 2.24) is 9.21 Å². The molecule has 8 nitrogen and oxygen atoms in total. The van der Waals surface area contributed by atoms with Crippen molar-refractivity contribution in [3.63, 3.8) is 0 Å². The van der Waals surface area contributed by atoms with Crippen LogP contribution in [-0.4, -0.2) is 62.3 Å². The highest BCUT2D eigenvalue weighted by Crippen LogP contribution is 2.31. The molecule has 34 heavy (non-hydrogen) atoms. The van der Waals surface area contributed by atoms with Gasteiger partial charge in [0.2, 0.25) is 15.9 Å². The molecule has 0 bridgehead atoms. The molecule has 4 rings (SSSR count). The Kier molecular flexibility index (Phi) is 6.95. The molecule has 2 aromatic carbocycles. The number of carbonyl (C=O) groups is 2. The summed E-state index contributed by atoms with van der Waals surface area (Å²) < 4.78 is 27.8. The lowest BCUT2D eigenvalue weighted by molar-refractivity contribution is -0.116. The molecule has 1 fully saturated rings. The van der Waals surface area contributed by atoms with Crippen LogP contribution in [0.2, 0.25) is 0 Å². The number of sulfonamides is 1. The Labute approximate surface area is 201 Å². The predicted molar refractivity (Wildman–Crippen MR) is 133 cm³/mol. The first-order valence-corrected chi connectivity index (χ1v) is 13.2. The van der Waals surface area contributed by atoms with Crippen molar-refractivity contribution in [3.05, 3.63) is 53.6 Å². The molecule has 2 aromatic rings. The number of benzene rings is 2. The van der Waals surface area contributed by atoms with Crippen LogP contribution in [0.1, 0.15) is 44.2 Å². The smallest absolute Gasteiger partial charge is 0.321 e. The highest BCUT2D eigenvalue weighted by molar-refractivity contribution is 7.89. The number of urea groups is 1. The van der Waals surface area contributed by atoms with Crippen LogP contribution >= 0.6 is 0 Å². The van der Waals surface area contributed by atoms with E-state index in [4.69, 9.17) is 0 Å². The first-order chi connectivity index (χ1) is 16.2. The molecule has 0 spiro atoms. The fourth-order valence-corrected chi connectivity index (χ4v) is 5.95. The SMILES string of the molecule is CCC(C)c1ccc(NC(=O)N2CCN(S(=O)(=O)c3ccc4c(c3)CCN4C(C)=O)CC2)cc1. The number of hydrogen-bond acceptors (Lipinski definition) is 4. The number of anilines is 2. The van der Waals surface area contributed by atoms with Gasteiger partial charge in [0, 0.05) is 51.0 Å². The van der Waals surface area contributed by atoms with E-state index in [1.807, 2.05) is 24.3 Å². The Morgan fingerprint density at radius 2 is 1.68 bits per heavy atom. The summed E-state index contributed by atoms with van der Waals surface area (Å²) in [6, 6.07) is 12.6. The van der Waals surface area contributed by atoms with E-state index in [1.54, 1.807) is 28.0 Å². The third-order valence-electron chi connectivity index (χ3n) is 6.83. The third kappa shape index (κ3) is 4.81. The highest BCUT2D eigenvalue weighted by Gasteiger charge is 2.32. The molecule has 1 saturated heterocycles. The minimum Gasteiger partial charge on any atom is -0.322 e. The number of nitrogens with one attached hydrogen (secondary N) is 1. The summed E-state index contributed by atoms with van der Waals surface area (Å²) in [5, 5.41) is 2.91. The van der Waals surface area contributed by atoms with E-state index in [2.05, 4.69) is 19.2 Å². The minimum atomic E-state index is -3.67. The number of fused-ring (bicyclic) bond motifs is 1. The zero-order valence-corrected chi connectivity index (χ0v) is 20.8. The molecule has 2 heterocycles. The van der Waals surface area contributed by atoms with Crippen molar-refractivity contribution >= 4 is 33.3 Å². The topological polar surface area (TPSA) is 90.0 Å². The molecular weight excluding hydrogens is 452 g/mol. The summed E-state index contributed by atoms with van der Waals surface area (Å²) in [6.45, 7) is 7.51. The van der Waals surface area contributed by atoms with Crippen LogP contribution in [0.5, 0.6) is 0 Å². The lowest BCUT2D eigenvalue weighted by Gasteiger charge is -2.34. The van der Waals surface area contributed by atoms with Gasteiger partial charge >= 0.3 is 6.03 Å². The van der Waals surface area contributed by atoms with E-state index >= 15 is 0 Å². The van der Waals surface area contributed by atoms with Crippen LogP contribution in [0.15, 0.2) is 47.4 Å². The molecule has 9 heteroatoms. The summed E-state index contributed by atoms with van der Waals surface area (Å²) >= 11 is 0. The number of nitrogens with zero attached hydrogens (tertiary/aromatic N) is 3. The zero-order chi connectivity index (χ0) is 24.5. The Balaban J connectivity index is 1.37. The Hall–Kier alpha value is -2.91. The first kappa shape index (κ1) is 24.2. The summed E-state index contributed by atoms with van der Waals surface area (Å²) in [5.41, 5.74) is 3.61. The molecule has 182 valence electrons. The molecular formula is C25H32N4O4S. The maximum atomic E-state index is 13.2. The largest absolute Gasteiger partial charge is 0.322 e. The van der Waals surface area contributed by atoms with Crippen LogP contribution in [0.25, 0.3) is 0 Å². The van der Waals surface area contributed by atoms with Gasteiger partial charge in [-0.2, -0.15) is 4.31 Å². The van der Waals surface area contributed by atoms with Crippen molar-refractivity contribution in [2.24, 2.45) is 0 Å². The quantitative estimate of drug-likeness (QED) is 0.702. The lowest BCUT2D eigenvalue weighted by atomic mass is 9.99. The summed E-state index contributed by atoms with van der Waals surface area (Å²) in [7, 11) is -3.67. The summed E-state index contributed by atoms with van der Waals surface area (Å²) in [4.78, 5) is 28.0. The van der Waals surface area contributed by atoms with Crippen LogP contribution in [0.4, 0.5) is 16.2 Å². The van der Waals surface area contributed by atoms with Crippen molar-refractivity contribution in [1.29, 1.82) is 0 Å². The number of piperazine rings is 1. The molecule has 0 radical (unpaired) electrons. The van der Waals surface area contributed by atoms with Gasteiger partial charge < -0.3 is 15.1 Å². The van der Waals surface area contributed by atoms with E-state index in [0.29, 0.717) is 32.0 Å². The molecule has 0 saturated carbocycles. The van der Waals surface area contributed by atoms with Gasteiger partial charge in [0.1, 0.15) is 0 Å². The van der Waals surface area contributed by atoms with Crippen molar-refractivity contribution in [2.75, 3.05) is 42.9 Å². The van der Waals surface area contributed by atoms with E-state index in [0.717, 1.165) is 23.4 Å². The average Bonchev–Trinajstić information content (AvgIpc) is 3.28. The molecule has 0 aliphatic carbocycles. The van der Waals surface area contributed by atoms with Crippen molar-refractivity contribution in [3.8, 4) is 0 Å². The molecule has 1 N–H and O–H groups in total. The Morgan fingerprint density at radius 3 is 2.29 bits per heavy atom. The van der Waals surface area contributed by atoms with Gasteiger partial charge in [-0.25, -0.2) is 13.2 Å². The number of rotatable bonds is 5. The highest BCUT2D eigenvalue weighted by atomic mass is 32.2. The van der Waals surface area contributed by atoms with E-state index in [1.165, 1.54) is 16.8 Å². The van der Waals surface area contributed by atoms with Gasteiger partial charge in [-0.1, -0.05) is 26.0 Å². The zero-order valence-electron chi connectivity index (χ0n) is 20.0. The van der Waals surface area contributed by atoms with Crippen LogP contribution in [-0.2, 0) is 21.2 Å². The van der Waals surface area contributed by atoms with Crippen molar-refractivity contribution < 1.29 is 18.0 Å². The molecule has 2 aliphatic heterocycles. The fraction of sp³-hybridized carbons (Fsp3) is 0.440. The summed E-state index contributed by atoms with van der Waals surface area (Å²) in [6.07, 6.45) is 1.70. The van der Waals surface area contributed by atoms with Gasteiger partial charge in [0.15, 0.2) is 0 Å². The lowest BCUT2D eigenvalue weighted by Crippen LogP contribution is -2.51. The number of carbonyl (C=O) groups excluding carboxylic acids is 2. The third-order valence-corrected chi connectivity index (χ3v) is 8.73. The number of amides is 3. The van der Waals surface area contributed by atoms with E-state index in [-0.39, 0.29) is 29.9 Å². The average molecular weight is 485 g/mol. The molecule has 2 aliphatic rings. The van der Waals surface area contributed by atoms with Crippen LogP contribution < -0.4 is 10.2 Å². The first-order valence-electron chi connectivity index (χ1n) is 11.8. The second kappa shape index (κ2) is 9.76. The Bertz CT molecular complexity index is 1170. The second-order valence-electron chi connectivity index (χ2n) is 8.96. The second-order valence-corrected chi connectivity index (χ2v) is 10.9. The predicted octanol–water partition coefficient (Wildman–Crippen LogP) is 3.65. The minimum absolute atomic E-state index is 0.0461. The molecule has 0 aromatic heterocycles. The van der Waals surface area contributed by atoms with Gasteiger partial charge in [-0.15, -0.1) is 0 Å². The van der Waals surface area contributed by atoms with Gasteiger partial charge in [-0.3, -0.25) is 4.79 Å². The molecule has 1 unspecified atom stereocenters. The van der Waals surface area contributed by atoms with E-state index < -0.39 is 10.0 Å². The van der Waals surface area contributed by atoms with Gasteiger partial charge in [0.25, 0.3) is 0 Å². The summed E-state index contributed by atoms with van der Waals surface area (Å²) in [5.74, 6) is 0.425. The molecule has 1 atom stereocenters. The van der Waals surface area contributed by atoms with Crippen molar-refractivity contribution in [2.45, 2.75) is 44.4 Å². The normalized spacial score (nSPS) is 17.4. The standard InChI is InChI=1S/C25H32N4O4S/c1-4-18(2)20-5-7-22(8-6-20)26-25(31)27-13-15-28(16-14-27)34(32,33)23-9-10-24-21(17-23)11-12-29(24)19(3)30/h5-10,17-18H,4,11-16H2,1-3H3,(H,26,31). The maximum Gasteiger partial charge on any atom is 0.321 e. The maximum absolute atomic E-state index is 13.2. The van der Waals surface area contributed by atoms with Gasteiger partial charge in [-0.05, 0) is 60.2 Å². The van der Waals surface area contributed by atoms with E-state index in [9.17, 15) is 18.0 Å². The van der Waals surface area contributed by atoms with Crippen LogP contribution in [0, 0.1) is 0 Å². The monoisotopic (exact) mass is 484 g/mol.